The molecule has 2 N–H and O–H groups in total. The minimum Gasteiger partial charge on any atom is -0.481 e. The molecule has 1 atom stereocenters. The standard InChI is InChI=1S/C24H24ClN3O5/c1-15-14-27(2)23(32)21(22(15)31)28(24(33)26-11-10-20(29)30)18-8-5-6-16(13-18)12-17-7-3-4-9-19(17)25/h3-9,13-14,21H,10-12H2,1-2H3,(H,26,33)(H,29,30). The fraction of sp³-hybridized carbons (Fsp3) is 0.250. The number of amides is 3. The molecule has 3 amide bonds. The van der Waals surface area contributed by atoms with E-state index >= 15 is 0 Å². The van der Waals surface area contributed by atoms with Crippen molar-refractivity contribution in [1.82, 2.24) is 10.2 Å². The monoisotopic (exact) mass is 469 g/mol. The van der Waals surface area contributed by atoms with Crippen LogP contribution >= 0.6 is 11.6 Å². The van der Waals surface area contributed by atoms with E-state index in [-0.39, 0.29) is 13.0 Å². The van der Waals surface area contributed by atoms with Crippen LogP contribution in [0.3, 0.4) is 0 Å². The first kappa shape index (κ1) is 24.0. The van der Waals surface area contributed by atoms with Crippen molar-refractivity contribution < 1.29 is 24.3 Å². The number of carbonyl (C=O) groups excluding carboxylic acids is 3. The lowest BCUT2D eigenvalue weighted by Crippen LogP contribution is -2.58. The third kappa shape index (κ3) is 5.59. The van der Waals surface area contributed by atoms with Crippen molar-refractivity contribution in [2.45, 2.75) is 25.8 Å². The number of urea groups is 1. The van der Waals surface area contributed by atoms with Crippen LogP contribution in [-0.2, 0) is 20.8 Å². The number of benzene rings is 2. The summed E-state index contributed by atoms with van der Waals surface area (Å²) in [6.07, 6.45) is 1.61. The van der Waals surface area contributed by atoms with Gasteiger partial charge in [0.2, 0.25) is 0 Å². The van der Waals surface area contributed by atoms with Crippen LogP contribution in [0.2, 0.25) is 5.02 Å². The highest BCUT2D eigenvalue weighted by Gasteiger charge is 2.41. The Balaban J connectivity index is 1.99. The molecule has 0 spiro atoms. The van der Waals surface area contributed by atoms with Gasteiger partial charge in [0.05, 0.1) is 6.42 Å². The number of hydrogen-bond donors (Lipinski definition) is 2. The Labute approximate surface area is 196 Å². The maximum Gasteiger partial charge on any atom is 0.323 e. The number of hydrogen-bond acceptors (Lipinski definition) is 4. The number of aliphatic carboxylic acids is 1. The number of nitrogens with zero attached hydrogens (tertiary/aromatic N) is 2. The van der Waals surface area contributed by atoms with E-state index in [1.807, 2.05) is 24.3 Å². The van der Waals surface area contributed by atoms with Gasteiger partial charge in [-0.1, -0.05) is 41.9 Å². The molecule has 0 saturated heterocycles. The molecular formula is C24H24ClN3O5. The molecule has 0 radical (unpaired) electrons. The van der Waals surface area contributed by atoms with Crippen LogP contribution in [0.15, 0.2) is 60.3 Å². The van der Waals surface area contributed by atoms with Gasteiger partial charge in [-0.15, -0.1) is 0 Å². The highest BCUT2D eigenvalue weighted by Crippen LogP contribution is 2.26. The SMILES string of the molecule is CC1=CN(C)C(=O)C(N(C(=O)NCCC(=O)O)c2cccc(Cc3ccccc3Cl)c2)C1=O. The van der Waals surface area contributed by atoms with Gasteiger partial charge in [0.15, 0.2) is 11.8 Å². The van der Waals surface area contributed by atoms with E-state index in [0.29, 0.717) is 22.7 Å². The molecule has 1 aliphatic heterocycles. The fourth-order valence-corrected chi connectivity index (χ4v) is 3.79. The quantitative estimate of drug-likeness (QED) is 0.605. The normalized spacial score (nSPS) is 15.8. The van der Waals surface area contributed by atoms with Gasteiger partial charge in [-0.05, 0) is 42.7 Å². The molecule has 8 nitrogen and oxygen atoms in total. The number of likely N-dealkylation sites (N-methyl/N-ethyl adjacent to an activating group) is 1. The predicted molar refractivity (Wildman–Crippen MR) is 124 cm³/mol. The summed E-state index contributed by atoms with van der Waals surface area (Å²) in [5.74, 6) is -2.13. The molecule has 0 aliphatic carbocycles. The maximum atomic E-state index is 13.1. The Morgan fingerprint density at radius 3 is 2.58 bits per heavy atom. The van der Waals surface area contributed by atoms with Crippen molar-refractivity contribution in [2.75, 3.05) is 18.5 Å². The molecule has 9 heteroatoms. The number of halogens is 1. The van der Waals surface area contributed by atoms with Crippen LogP contribution in [0.4, 0.5) is 10.5 Å². The summed E-state index contributed by atoms with van der Waals surface area (Å²) < 4.78 is 0. The second-order valence-electron chi connectivity index (χ2n) is 7.71. The van der Waals surface area contributed by atoms with E-state index in [1.54, 1.807) is 31.2 Å². The number of carbonyl (C=O) groups is 4. The lowest BCUT2D eigenvalue weighted by molar-refractivity contribution is -0.137. The number of Topliss-reactive ketones (excluding diaryl/α,β-unsaturated/α-hetero) is 1. The lowest BCUT2D eigenvalue weighted by Gasteiger charge is -2.34. The molecule has 0 fully saturated rings. The molecule has 1 aliphatic rings. The highest BCUT2D eigenvalue weighted by molar-refractivity contribution is 6.31. The van der Waals surface area contributed by atoms with E-state index in [9.17, 15) is 19.2 Å². The topological polar surface area (TPSA) is 107 Å². The van der Waals surface area contributed by atoms with Gasteiger partial charge in [0, 0.05) is 36.1 Å². The smallest absolute Gasteiger partial charge is 0.323 e. The minimum absolute atomic E-state index is 0.149. The fourth-order valence-electron chi connectivity index (χ4n) is 3.59. The van der Waals surface area contributed by atoms with E-state index < -0.39 is 29.7 Å². The Morgan fingerprint density at radius 1 is 1.15 bits per heavy atom. The molecule has 0 saturated carbocycles. The van der Waals surface area contributed by atoms with Crippen molar-refractivity contribution in [1.29, 1.82) is 0 Å². The van der Waals surface area contributed by atoms with Gasteiger partial charge < -0.3 is 15.3 Å². The van der Waals surface area contributed by atoms with Gasteiger partial charge in [0.1, 0.15) is 0 Å². The largest absolute Gasteiger partial charge is 0.481 e. The average Bonchev–Trinajstić information content (AvgIpc) is 2.76. The van der Waals surface area contributed by atoms with Crippen LogP contribution in [0, 0.1) is 0 Å². The number of anilines is 1. The zero-order chi connectivity index (χ0) is 24.1. The van der Waals surface area contributed by atoms with Gasteiger partial charge in [-0.25, -0.2) is 4.79 Å². The summed E-state index contributed by atoms with van der Waals surface area (Å²) in [4.78, 5) is 52.2. The molecule has 0 bridgehead atoms. The Morgan fingerprint density at radius 2 is 1.88 bits per heavy atom. The third-order valence-corrected chi connectivity index (χ3v) is 5.61. The first-order valence-electron chi connectivity index (χ1n) is 10.3. The number of rotatable bonds is 7. The minimum atomic E-state index is -1.40. The second kappa shape index (κ2) is 10.3. The van der Waals surface area contributed by atoms with Gasteiger partial charge in [-0.3, -0.25) is 19.3 Å². The van der Waals surface area contributed by atoms with Crippen molar-refractivity contribution >= 4 is 41.0 Å². The van der Waals surface area contributed by atoms with Crippen molar-refractivity contribution in [3.8, 4) is 0 Å². The summed E-state index contributed by atoms with van der Waals surface area (Å²) >= 11 is 6.28. The average molecular weight is 470 g/mol. The summed E-state index contributed by atoms with van der Waals surface area (Å²) in [7, 11) is 1.51. The lowest BCUT2D eigenvalue weighted by atomic mass is 9.98. The molecule has 3 rings (SSSR count). The second-order valence-corrected chi connectivity index (χ2v) is 8.12. The molecule has 33 heavy (non-hydrogen) atoms. The van der Waals surface area contributed by atoms with Gasteiger partial charge in [-0.2, -0.15) is 0 Å². The molecule has 1 unspecified atom stereocenters. The van der Waals surface area contributed by atoms with Crippen LogP contribution < -0.4 is 10.2 Å². The van der Waals surface area contributed by atoms with E-state index in [1.165, 1.54) is 18.1 Å². The van der Waals surface area contributed by atoms with E-state index in [0.717, 1.165) is 16.0 Å². The van der Waals surface area contributed by atoms with Crippen LogP contribution in [-0.4, -0.2) is 53.3 Å². The third-order valence-electron chi connectivity index (χ3n) is 5.24. The highest BCUT2D eigenvalue weighted by atomic mass is 35.5. The van der Waals surface area contributed by atoms with Gasteiger partial charge in [0.25, 0.3) is 5.91 Å². The maximum absolute atomic E-state index is 13.1. The molecule has 0 aromatic heterocycles. The number of carboxylic acids is 1. The summed E-state index contributed by atoms with van der Waals surface area (Å²) in [6.45, 7) is 1.43. The van der Waals surface area contributed by atoms with E-state index in [2.05, 4.69) is 5.32 Å². The predicted octanol–water partition coefficient (Wildman–Crippen LogP) is 3.24. The van der Waals surface area contributed by atoms with E-state index in [4.69, 9.17) is 16.7 Å². The molecule has 2 aromatic carbocycles. The first-order valence-corrected chi connectivity index (χ1v) is 10.7. The molecule has 172 valence electrons. The van der Waals surface area contributed by atoms with Crippen LogP contribution in [0.5, 0.6) is 0 Å². The number of ketones is 1. The molecule has 1 heterocycles. The molecular weight excluding hydrogens is 446 g/mol. The van der Waals surface area contributed by atoms with Crippen LogP contribution in [0.1, 0.15) is 24.5 Å². The van der Waals surface area contributed by atoms with Crippen molar-refractivity contribution in [3.05, 3.63) is 76.5 Å². The Kier molecular flexibility index (Phi) is 7.50. The summed E-state index contributed by atoms with van der Waals surface area (Å²) in [6, 6.07) is 12.2. The van der Waals surface area contributed by atoms with Gasteiger partial charge >= 0.3 is 12.0 Å². The van der Waals surface area contributed by atoms with Crippen molar-refractivity contribution in [3.63, 3.8) is 0 Å². The molecule has 2 aromatic rings. The number of nitrogens with one attached hydrogen (secondary N) is 1. The Hall–Kier alpha value is -3.65. The Bertz CT molecular complexity index is 1130. The summed E-state index contributed by atoms with van der Waals surface area (Å²) in [5.41, 5.74) is 2.37. The zero-order valence-electron chi connectivity index (χ0n) is 18.2. The van der Waals surface area contributed by atoms with Crippen molar-refractivity contribution in [2.24, 2.45) is 0 Å². The van der Waals surface area contributed by atoms with Crippen LogP contribution in [0.25, 0.3) is 0 Å². The zero-order valence-corrected chi connectivity index (χ0v) is 19.0. The first-order chi connectivity index (χ1) is 15.7. The number of carboxylic acid groups (broad SMARTS) is 1. The summed E-state index contributed by atoms with van der Waals surface area (Å²) in [5, 5.41) is 12.0.